The minimum Gasteiger partial charge on any atom is -0.214 e. The van der Waals surface area contributed by atoms with E-state index in [1.165, 1.54) is 0 Å². The van der Waals surface area contributed by atoms with Gasteiger partial charge in [0.25, 0.3) is 0 Å². The first-order valence-electron chi connectivity index (χ1n) is 9.74. The molecule has 0 saturated carbocycles. The second-order valence-corrected chi connectivity index (χ2v) is 5.95. The summed E-state index contributed by atoms with van der Waals surface area (Å²) in [7, 11) is -4.37. The van der Waals surface area contributed by atoms with Crippen LogP contribution >= 0.6 is 23.2 Å². The van der Waals surface area contributed by atoms with Crippen LogP contribution in [-0.4, -0.2) is 45.9 Å². The van der Waals surface area contributed by atoms with E-state index in [1.54, 1.807) is 7.11 Å². The summed E-state index contributed by atoms with van der Waals surface area (Å²) < 4.78 is 58.9. The third-order valence-electron chi connectivity index (χ3n) is 2.67. The summed E-state index contributed by atoms with van der Waals surface area (Å²) in [6.07, 6.45) is 0. The first kappa shape index (κ1) is 49.9. The smallest absolute Gasteiger partial charge is 0.214 e. The molecule has 0 N–H and O–H groups in total. The third kappa shape index (κ3) is 66.6. The summed E-state index contributed by atoms with van der Waals surface area (Å²) in [5.74, 6) is 0.785. The monoisotopic (exact) mass is 818 g/mol. The Hall–Kier alpha value is -1.94. The van der Waals surface area contributed by atoms with E-state index >= 15 is 0 Å². The summed E-state index contributed by atoms with van der Waals surface area (Å²) >= 11 is 9.53. The van der Waals surface area contributed by atoms with Gasteiger partial charge >= 0.3 is 73.1 Å². The number of ether oxygens (including phenoxy) is 1. The van der Waals surface area contributed by atoms with Crippen molar-refractivity contribution < 1.29 is 48.4 Å². The maximum atomic E-state index is 9.75. The van der Waals surface area contributed by atoms with Crippen LogP contribution in [0.5, 0.6) is 5.75 Å². The van der Waals surface area contributed by atoms with Gasteiger partial charge in [0.1, 0.15) is 0 Å². The van der Waals surface area contributed by atoms with Crippen LogP contribution in [0, 0.1) is 31.5 Å². The normalized spacial score (nSPS) is 7.36. The molecule has 4 rings (SSSR count). The van der Waals surface area contributed by atoms with Crippen molar-refractivity contribution in [2.24, 2.45) is 0 Å². The van der Waals surface area contributed by atoms with Gasteiger partial charge < -0.3 is 22.0 Å². The van der Waals surface area contributed by atoms with Gasteiger partial charge in [-0.25, -0.2) is 12.1 Å². The molecule has 0 spiro atoms. The molecule has 0 aliphatic rings. The average molecular weight is 819 g/mol. The van der Waals surface area contributed by atoms with Gasteiger partial charge in [0, 0.05) is 5.75 Å². The van der Waals surface area contributed by atoms with Crippen LogP contribution in [-0.2, 0) is 26.4 Å². The average Bonchev–Trinajstić information content (AvgIpc) is 3.54. The van der Waals surface area contributed by atoms with E-state index in [0.717, 1.165) is 5.75 Å². The molecule has 0 saturated heterocycles. The largest absolute Gasteiger partial charge is 2.00 e. The predicted molar refractivity (Wildman–Crippen MR) is 145 cm³/mol. The zero-order valence-electron chi connectivity index (χ0n) is 20.5. The molecule has 0 fully saturated rings. The molecule has 0 aliphatic heterocycles. The Morgan fingerprint density at radius 2 is 1.08 bits per heavy atom. The Morgan fingerprint density at radius 1 is 0.744 bits per heavy atom. The molecule has 4 aromatic rings. The van der Waals surface area contributed by atoms with Gasteiger partial charge in [-0.3, -0.25) is 0 Å². The Balaban J connectivity index is -0.0000000822. The molecule has 0 heterocycles. The maximum Gasteiger partial charge on any atom is 2.00 e. The zero-order valence-corrected chi connectivity index (χ0v) is 26.6. The number of methoxy groups -OCH3 is 1. The fourth-order valence-corrected chi connectivity index (χ4v) is 1.51. The van der Waals surface area contributed by atoms with Gasteiger partial charge in [-0.1, -0.05) is 0 Å². The first-order valence-corrected chi connectivity index (χ1v) is 10.8. The summed E-state index contributed by atoms with van der Waals surface area (Å²) in [4.78, 5) is 0. The van der Waals surface area contributed by atoms with Gasteiger partial charge in [0.15, 0.2) is 0 Å². The SMILES string of the molecule is COc1[c-]cccc1.ClCCl.F[B-](F)(F)F.[Bi+3].[C-]#[O+].[C-]#[O+].[Fe+2].[c-]1ccccc1.[c-]1ccccc1.c1cc[cH-]c1. The van der Waals surface area contributed by atoms with E-state index in [9.17, 15) is 17.3 Å². The van der Waals surface area contributed by atoms with Gasteiger partial charge in [-0.05, 0) is 0 Å². The van der Waals surface area contributed by atoms with Gasteiger partial charge in [-0.2, -0.15) is 109 Å². The fraction of sp³-hybridized carbons (Fsp3) is 0.0741. The quantitative estimate of drug-likeness (QED) is 0.0630. The van der Waals surface area contributed by atoms with E-state index < -0.39 is 7.25 Å². The number of rotatable bonds is 1. The molecule has 39 heavy (non-hydrogen) atoms. The van der Waals surface area contributed by atoms with Crippen LogP contribution in [0.2, 0.25) is 0 Å². The molecule has 0 atom stereocenters. The molecule has 0 bridgehead atoms. The summed E-state index contributed by atoms with van der Waals surface area (Å²) in [5.41, 5.74) is 0. The molecule has 0 unspecified atom stereocenters. The molecule has 4 aromatic carbocycles. The van der Waals surface area contributed by atoms with Crippen molar-refractivity contribution in [1.82, 2.24) is 0 Å². The van der Waals surface area contributed by atoms with Crippen molar-refractivity contribution in [1.29, 1.82) is 0 Å². The van der Waals surface area contributed by atoms with Crippen LogP contribution in [0.4, 0.5) is 17.3 Å². The van der Waals surface area contributed by atoms with E-state index in [0.29, 0.717) is 0 Å². The third-order valence-corrected chi connectivity index (χ3v) is 2.67. The Morgan fingerprint density at radius 3 is 1.21 bits per heavy atom. The van der Waals surface area contributed by atoms with E-state index in [4.69, 9.17) is 37.2 Å². The van der Waals surface area contributed by atoms with Gasteiger partial charge in [-0.15, -0.1) is 35.3 Å². The van der Waals surface area contributed by atoms with E-state index in [1.807, 2.05) is 115 Å². The minimum atomic E-state index is -6.00. The zero-order chi connectivity index (χ0) is 29.0. The topological polar surface area (TPSA) is 49.0 Å². The second kappa shape index (κ2) is 45.9. The standard InChI is InChI=1S/C7H7O.2C6H5.C5H5.CH2Cl2.2CO.BF4.Bi.Fe/c1-8-7-5-3-2-4-6-7;2*1-2-4-6-5-3-1;1-2-4-5-3-1;2-1-3;2*1-2;2-1(3,4)5;;/h2-5H,1H3;2*1-5H;1-5H;1H2;;;;;/q4*-1;;;;-1;+3;+2. The van der Waals surface area contributed by atoms with Crippen molar-refractivity contribution in [3.63, 3.8) is 0 Å². The fourth-order valence-electron chi connectivity index (χ4n) is 1.51. The number of alkyl halides is 2. The van der Waals surface area contributed by atoms with Crippen LogP contribution in [0.1, 0.15) is 0 Å². The summed E-state index contributed by atoms with van der Waals surface area (Å²) in [6, 6.07) is 45.4. The summed E-state index contributed by atoms with van der Waals surface area (Å²) in [5, 5.41) is 0.194. The Labute approximate surface area is 268 Å². The number of hydrogen-bond donors (Lipinski definition) is 0. The predicted octanol–water partition coefficient (Wildman–Crippen LogP) is 8.14. The molecular weight excluding hydrogens is 795 g/mol. The van der Waals surface area contributed by atoms with Crippen LogP contribution in [0.25, 0.3) is 0 Å². The number of benzene rings is 3. The van der Waals surface area contributed by atoms with Crippen LogP contribution in [0.3, 0.4) is 0 Å². The number of para-hydroxylation sites is 1. The van der Waals surface area contributed by atoms with Gasteiger partial charge in [0.05, 0.1) is 12.4 Å². The van der Waals surface area contributed by atoms with Crippen molar-refractivity contribution in [2.75, 3.05) is 12.4 Å². The van der Waals surface area contributed by atoms with Crippen LogP contribution < -0.4 is 4.74 Å². The van der Waals surface area contributed by atoms with Crippen molar-refractivity contribution in [3.05, 3.63) is 147 Å². The van der Waals surface area contributed by atoms with Crippen LogP contribution in [0.15, 0.2) is 115 Å². The Kier molecular flexibility index (Phi) is 58.8. The molecular formula is C27H24BBiCl2F4FeO3. The first-order chi connectivity index (χ1) is 17.8. The van der Waals surface area contributed by atoms with Crippen molar-refractivity contribution in [2.45, 2.75) is 0 Å². The second-order valence-electron chi connectivity index (χ2n) is 5.14. The van der Waals surface area contributed by atoms with Gasteiger partial charge in [0.2, 0.25) is 0 Å². The van der Waals surface area contributed by atoms with E-state index in [-0.39, 0.29) is 48.6 Å². The van der Waals surface area contributed by atoms with E-state index in [2.05, 4.69) is 31.5 Å². The molecule has 208 valence electrons. The molecule has 2 radical (unpaired) electrons. The van der Waals surface area contributed by atoms with Crippen molar-refractivity contribution >= 4 is 56.7 Å². The minimum absolute atomic E-state index is 0. The molecule has 0 aliphatic carbocycles. The maximum absolute atomic E-state index is 9.75. The molecule has 0 aromatic heterocycles. The number of hydrogen-bond acceptors (Lipinski definition) is 1. The molecule has 12 heteroatoms. The molecule has 0 amide bonds. The van der Waals surface area contributed by atoms with Crippen molar-refractivity contribution in [3.8, 4) is 5.75 Å². The number of halogens is 6. The molecule has 3 nitrogen and oxygen atoms in total. The Bertz CT molecular complexity index is 795. The summed E-state index contributed by atoms with van der Waals surface area (Å²) in [6.45, 7) is 9.00.